The smallest absolute Gasteiger partial charge is 0.268 e. The van der Waals surface area contributed by atoms with E-state index < -0.39 is 10.0 Å². The number of rotatable bonds is 8. The molecule has 1 aliphatic heterocycles. The molecule has 9 nitrogen and oxygen atoms in total. The van der Waals surface area contributed by atoms with Gasteiger partial charge in [-0.25, -0.2) is 8.42 Å². The second kappa shape index (κ2) is 11.4. The molecule has 1 aliphatic rings. The van der Waals surface area contributed by atoms with E-state index in [1.807, 2.05) is 24.3 Å². The van der Waals surface area contributed by atoms with Crippen LogP contribution in [0.2, 0.25) is 0 Å². The standard InChI is InChI=1S/C30H35N5O4S/c1-30(2,3)22-4-7-24(8-5-22)40(37,38)34-23-6-9-26-25(20-23)27(21-10-12-31-13-11-21)28(33-26)29(36)32-14-15-35-16-18-39-19-17-35/h4-13,20,33-34H,14-19H2,1-3H3,(H,32,36). The van der Waals surface area contributed by atoms with Crippen molar-refractivity contribution < 1.29 is 17.9 Å². The van der Waals surface area contributed by atoms with Crippen molar-refractivity contribution in [3.05, 3.63) is 78.2 Å². The van der Waals surface area contributed by atoms with Crippen LogP contribution in [-0.2, 0) is 20.2 Å². The number of fused-ring (bicyclic) bond motifs is 1. The first-order valence-corrected chi connectivity index (χ1v) is 14.9. The van der Waals surface area contributed by atoms with Crippen LogP contribution < -0.4 is 10.0 Å². The summed E-state index contributed by atoms with van der Waals surface area (Å²) >= 11 is 0. The predicted octanol–water partition coefficient (Wildman–Crippen LogP) is 4.39. The van der Waals surface area contributed by atoms with E-state index in [-0.39, 0.29) is 16.2 Å². The number of benzene rings is 2. The molecule has 210 valence electrons. The number of amides is 1. The van der Waals surface area contributed by atoms with Crippen LogP contribution in [0.25, 0.3) is 22.0 Å². The molecule has 0 aliphatic carbocycles. The summed E-state index contributed by atoms with van der Waals surface area (Å²) in [5.74, 6) is -0.225. The highest BCUT2D eigenvalue weighted by atomic mass is 32.2. The maximum Gasteiger partial charge on any atom is 0.268 e. The average Bonchev–Trinajstić information content (AvgIpc) is 3.32. The Hall–Kier alpha value is -3.73. The van der Waals surface area contributed by atoms with Crippen LogP contribution in [-0.4, -0.2) is 68.6 Å². The lowest BCUT2D eigenvalue weighted by Crippen LogP contribution is -2.41. The van der Waals surface area contributed by atoms with Crippen molar-refractivity contribution in [2.75, 3.05) is 44.1 Å². The molecule has 4 aromatic rings. The third-order valence-corrected chi connectivity index (χ3v) is 8.49. The third-order valence-electron chi connectivity index (χ3n) is 7.09. The van der Waals surface area contributed by atoms with E-state index in [4.69, 9.17) is 4.74 Å². The van der Waals surface area contributed by atoms with Gasteiger partial charge in [0.1, 0.15) is 5.69 Å². The number of hydrogen-bond donors (Lipinski definition) is 3. The summed E-state index contributed by atoms with van der Waals surface area (Å²) in [4.78, 5) is 23.1. The Balaban J connectivity index is 1.43. The number of morpholine rings is 1. The van der Waals surface area contributed by atoms with Crippen LogP contribution >= 0.6 is 0 Å². The van der Waals surface area contributed by atoms with Gasteiger partial charge in [0.2, 0.25) is 0 Å². The van der Waals surface area contributed by atoms with E-state index in [2.05, 4.69) is 45.7 Å². The number of carbonyl (C=O) groups is 1. The van der Waals surface area contributed by atoms with Gasteiger partial charge in [-0.1, -0.05) is 32.9 Å². The highest BCUT2D eigenvalue weighted by Gasteiger charge is 2.22. The molecule has 0 atom stereocenters. The van der Waals surface area contributed by atoms with Crippen LogP contribution in [0.1, 0.15) is 36.8 Å². The molecular formula is C30H35N5O4S. The van der Waals surface area contributed by atoms with Crippen molar-refractivity contribution in [3.63, 3.8) is 0 Å². The zero-order valence-corrected chi connectivity index (χ0v) is 23.8. The van der Waals surface area contributed by atoms with Crippen molar-refractivity contribution in [2.24, 2.45) is 0 Å². The molecule has 10 heteroatoms. The monoisotopic (exact) mass is 561 g/mol. The molecule has 0 unspecified atom stereocenters. The summed E-state index contributed by atoms with van der Waals surface area (Å²) in [6, 6.07) is 15.8. The molecule has 2 aromatic carbocycles. The van der Waals surface area contributed by atoms with Crippen molar-refractivity contribution in [3.8, 4) is 11.1 Å². The molecule has 1 saturated heterocycles. The van der Waals surface area contributed by atoms with Crippen molar-refractivity contribution in [1.29, 1.82) is 0 Å². The van der Waals surface area contributed by atoms with Gasteiger partial charge in [-0.3, -0.25) is 19.4 Å². The average molecular weight is 562 g/mol. The number of hydrogen-bond acceptors (Lipinski definition) is 6. The van der Waals surface area contributed by atoms with E-state index in [0.29, 0.717) is 36.7 Å². The highest BCUT2D eigenvalue weighted by Crippen LogP contribution is 2.34. The van der Waals surface area contributed by atoms with E-state index in [1.165, 1.54) is 0 Å². The fraction of sp³-hybridized carbons (Fsp3) is 0.333. The molecule has 0 bridgehead atoms. The summed E-state index contributed by atoms with van der Waals surface area (Å²) in [6.45, 7) is 10.6. The van der Waals surface area contributed by atoms with Gasteiger partial charge in [0.05, 0.1) is 18.1 Å². The molecule has 0 radical (unpaired) electrons. The number of sulfonamides is 1. The molecule has 0 saturated carbocycles. The zero-order chi connectivity index (χ0) is 28.3. The molecular weight excluding hydrogens is 526 g/mol. The lowest BCUT2D eigenvalue weighted by atomic mass is 9.87. The quantitative estimate of drug-likeness (QED) is 0.294. The summed E-state index contributed by atoms with van der Waals surface area (Å²) in [5, 5.41) is 3.76. The van der Waals surface area contributed by atoms with Crippen LogP contribution in [0.4, 0.5) is 5.69 Å². The number of aromatic nitrogens is 2. The van der Waals surface area contributed by atoms with Gasteiger partial charge < -0.3 is 15.0 Å². The van der Waals surface area contributed by atoms with Crippen LogP contribution in [0.3, 0.4) is 0 Å². The fourth-order valence-corrected chi connectivity index (χ4v) is 5.88. The minimum Gasteiger partial charge on any atom is -0.379 e. The maximum atomic E-state index is 13.3. The lowest BCUT2D eigenvalue weighted by molar-refractivity contribution is 0.0383. The number of anilines is 1. The number of H-pyrrole nitrogens is 1. The largest absolute Gasteiger partial charge is 0.379 e. The number of carbonyl (C=O) groups excluding carboxylic acids is 1. The second-order valence-electron chi connectivity index (χ2n) is 11.0. The Morgan fingerprint density at radius 2 is 1.73 bits per heavy atom. The highest BCUT2D eigenvalue weighted by molar-refractivity contribution is 7.92. The van der Waals surface area contributed by atoms with Gasteiger partial charge in [0.15, 0.2) is 0 Å². The topological polar surface area (TPSA) is 116 Å². The first-order valence-electron chi connectivity index (χ1n) is 13.4. The van der Waals surface area contributed by atoms with Crippen molar-refractivity contribution in [2.45, 2.75) is 31.1 Å². The molecule has 3 N–H and O–H groups in total. The van der Waals surface area contributed by atoms with Gasteiger partial charge in [0, 0.05) is 60.7 Å². The van der Waals surface area contributed by atoms with E-state index >= 15 is 0 Å². The first-order chi connectivity index (χ1) is 19.1. The van der Waals surface area contributed by atoms with Crippen molar-refractivity contribution >= 4 is 32.5 Å². The number of pyridine rings is 1. The SMILES string of the molecule is CC(C)(C)c1ccc(S(=O)(=O)Nc2ccc3[nH]c(C(=O)NCCN4CCOCC4)c(-c4ccncc4)c3c2)cc1. The lowest BCUT2D eigenvalue weighted by Gasteiger charge is -2.26. The molecule has 40 heavy (non-hydrogen) atoms. The molecule has 1 fully saturated rings. The molecule has 3 heterocycles. The minimum absolute atomic E-state index is 0.0785. The Morgan fingerprint density at radius 1 is 1.02 bits per heavy atom. The Morgan fingerprint density at radius 3 is 2.40 bits per heavy atom. The predicted molar refractivity (Wildman–Crippen MR) is 157 cm³/mol. The number of nitrogens with zero attached hydrogens (tertiary/aromatic N) is 2. The number of ether oxygens (including phenoxy) is 1. The van der Waals surface area contributed by atoms with Crippen molar-refractivity contribution in [1.82, 2.24) is 20.2 Å². The van der Waals surface area contributed by atoms with E-state index in [1.54, 1.807) is 42.7 Å². The van der Waals surface area contributed by atoms with Gasteiger partial charge in [-0.2, -0.15) is 0 Å². The molecule has 1 amide bonds. The summed E-state index contributed by atoms with van der Waals surface area (Å²) in [6.07, 6.45) is 3.34. The van der Waals surface area contributed by atoms with Crippen LogP contribution in [0.5, 0.6) is 0 Å². The minimum atomic E-state index is -3.82. The van der Waals surface area contributed by atoms with Gasteiger partial charge >= 0.3 is 0 Å². The van der Waals surface area contributed by atoms with E-state index in [9.17, 15) is 13.2 Å². The summed E-state index contributed by atoms with van der Waals surface area (Å²) in [5.41, 5.74) is 4.02. The number of aromatic amines is 1. The first kappa shape index (κ1) is 27.8. The summed E-state index contributed by atoms with van der Waals surface area (Å²) < 4.78 is 34.5. The Bertz CT molecular complexity index is 1590. The normalized spacial score (nSPS) is 14.8. The van der Waals surface area contributed by atoms with Gasteiger partial charge in [0.25, 0.3) is 15.9 Å². The maximum absolute atomic E-state index is 13.3. The van der Waals surface area contributed by atoms with Gasteiger partial charge in [-0.05, 0) is 59.0 Å². The van der Waals surface area contributed by atoms with E-state index in [0.717, 1.165) is 41.7 Å². The van der Waals surface area contributed by atoms with Crippen LogP contribution in [0, 0.1) is 0 Å². The second-order valence-corrected chi connectivity index (χ2v) is 12.6. The molecule has 0 spiro atoms. The number of nitrogens with one attached hydrogen (secondary N) is 3. The van der Waals surface area contributed by atoms with Crippen LogP contribution in [0.15, 0.2) is 71.9 Å². The zero-order valence-electron chi connectivity index (χ0n) is 23.0. The summed E-state index contributed by atoms with van der Waals surface area (Å²) in [7, 11) is -3.82. The molecule has 5 rings (SSSR count). The molecule has 2 aromatic heterocycles. The Kier molecular flexibility index (Phi) is 7.93. The Labute approximate surface area is 235 Å². The third kappa shape index (κ3) is 6.19. The fourth-order valence-electron chi connectivity index (χ4n) is 4.83. The van der Waals surface area contributed by atoms with Gasteiger partial charge in [-0.15, -0.1) is 0 Å².